The number of primary amides is 1. The van der Waals surface area contributed by atoms with E-state index in [2.05, 4.69) is 9.69 Å². The number of carbonyl (C=O) groups excluding carboxylic acids is 3. The highest BCUT2D eigenvalue weighted by Gasteiger charge is 2.33. The highest BCUT2D eigenvalue weighted by atomic mass is 32.1. The average Bonchev–Trinajstić information content (AvgIpc) is 3.32. The van der Waals surface area contributed by atoms with Crippen molar-refractivity contribution in [1.29, 1.82) is 0 Å². The summed E-state index contributed by atoms with van der Waals surface area (Å²) < 4.78 is 3.89. The maximum Gasteiger partial charge on any atom is 0.272 e. The second kappa shape index (κ2) is 8.39. The van der Waals surface area contributed by atoms with Crippen LogP contribution in [0, 0.1) is 0 Å². The van der Waals surface area contributed by atoms with Crippen molar-refractivity contribution in [2.45, 2.75) is 44.7 Å². The van der Waals surface area contributed by atoms with Gasteiger partial charge in [0.2, 0.25) is 5.91 Å². The highest BCUT2D eigenvalue weighted by molar-refractivity contribution is 7.09. The predicted octanol–water partition coefficient (Wildman–Crippen LogP) is 1.92. The van der Waals surface area contributed by atoms with Gasteiger partial charge >= 0.3 is 0 Å². The number of carbonyl (C=O) groups is 3. The molecule has 1 aromatic heterocycles. The third-order valence-corrected chi connectivity index (χ3v) is 5.73. The Bertz CT molecular complexity index is 877. The summed E-state index contributed by atoms with van der Waals surface area (Å²) in [5, 5.41) is 3.02. The Morgan fingerprint density at radius 3 is 2.43 bits per heavy atom. The standard InChI is InChI=1S/C19H23N5O3S/c1-11(18(26)22-12-7-5-6-8-12)24(13-9-3-2-4-10-13)19(27)16-14(20)15(17(21)25)23-28-16/h2-4,9-12H,5-8,20H2,1H3,(H2,21,25)(H,22,26)/t11-/m1/s1. The molecule has 1 fully saturated rings. The van der Waals surface area contributed by atoms with Crippen LogP contribution in [0.4, 0.5) is 11.4 Å². The molecular weight excluding hydrogens is 378 g/mol. The molecule has 1 aliphatic carbocycles. The lowest BCUT2D eigenvalue weighted by Crippen LogP contribution is -2.50. The SMILES string of the molecule is C[C@H](C(=O)NC1CCCC1)N(C(=O)c1snc(C(N)=O)c1N)c1ccccc1. The summed E-state index contributed by atoms with van der Waals surface area (Å²) in [6.45, 7) is 1.67. The Morgan fingerprint density at radius 2 is 1.86 bits per heavy atom. The van der Waals surface area contributed by atoms with E-state index in [1.165, 1.54) is 4.90 Å². The normalized spacial score (nSPS) is 15.2. The van der Waals surface area contributed by atoms with E-state index in [0.717, 1.165) is 37.2 Å². The average molecular weight is 401 g/mol. The Kier molecular flexibility index (Phi) is 5.93. The van der Waals surface area contributed by atoms with Crippen LogP contribution in [0.25, 0.3) is 0 Å². The molecule has 0 unspecified atom stereocenters. The summed E-state index contributed by atoms with van der Waals surface area (Å²) >= 11 is 0.799. The molecule has 1 saturated carbocycles. The molecule has 3 rings (SSSR count). The van der Waals surface area contributed by atoms with Crippen molar-refractivity contribution < 1.29 is 14.4 Å². The monoisotopic (exact) mass is 401 g/mol. The number of hydrogen-bond acceptors (Lipinski definition) is 6. The fourth-order valence-corrected chi connectivity index (χ4v) is 4.10. The van der Waals surface area contributed by atoms with Gasteiger partial charge < -0.3 is 16.8 Å². The van der Waals surface area contributed by atoms with Crippen molar-refractivity contribution >= 4 is 40.6 Å². The van der Waals surface area contributed by atoms with Crippen LogP contribution in [0.2, 0.25) is 0 Å². The van der Waals surface area contributed by atoms with Gasteiger partial charge in [0.05, 0.1) is 5.69 Å². The van der Waals surface area contributed by atoms with Crippen LogP contribution in [-0.2, 0) is 4.79 Å². The molecule has 0 spiro atoms. The number of rotatable bonds is 6. The number of anilines is 2. The van der Waals surface area contributed by atoms with Crippen LogP contribution in [0.5, 0.6) is 0 Å². The van der Waals surface area contributed by atoms with E-state index in [0.29, 0.717) is 5.69 Å². The molecule has 0 bridgehead atoms. The number of nitrogens with two attached hydrogens (primary N) is 2. The lowest BCUT2D eigenvalue weighted by atomic mass is 10.1. The Morgan fingerprint density at radius 1 is 1.21 bits per heavy atom. The Labute approximate surface area is 167 Å². The first-order valence-electron chi connectivity index (χ1n) is 9.14. The minimum absolute atomic E-state index is 0.0631. The van der Waals surface area contributed by atoms with E-state index in [-0.39, 0.29) is 28.2 Å². The second-order valence-electron chi connectivity index (χ2n) is 6.81. The zero-order valence-electron chi connectivity index (χ0n) is 15.6. The molecule has 3 amide bonds. The molecule has 0 radical (unpaired) electrons. The first kappa shape index (κ1) is 19.8. The van der Waals surface area contributed by atoms with Gasteiger partial charge in [0.25, 0.3) is 11.8 Å². The molecule has 0 aliphatic heterocycles. The molecule has 28 heavy (non-hydrogen) atoms. The fourth-order valence-electron chi connectivity index (χ4n) is 3.35. The van der Waals surface area contributed by atoms with Gasteiger partial charge in [0.15, 0.2) is 5.69 Å². The smallest absolute Gasteiger partial charge is 0.272 e. The van der Waals surface area contributed by atoms with Gasteiger partial charge in [-0.05, 0) is 43.4 Å². The summed E-state index contributed by atoms with van der Waals surface area (Å²) in [7, 11) is 0. The number of aromatic nitrogens is 1. The van der Waals surface area contributed by atoms with Gasteiger partial charge in [-0.1, -0.05) is 31.0 Å². The van der Waals surface area contributed by atoms with Crippen LogP contribution in [0.15, 0.2) is 30.3 Å². The van der Waals surface area contributed by atoms with Crippen molar-refractivity contribution in [2.75, 3.05) is 10.6 Å². The zero-order valence-corrected chi connectivity index (χ0v) is 16.4. The lowest BCUT2D eigenvalue weighted by Gasteiger charge is -2.29. The Hall–Kier alpha value is -2.94. The van der Waals surface area contributed by atoms with E-state index in [9.17, 15) is 14.4 Å². The number of amides is 3. The summed E-state index contributed by atoms with van der Waals surface area (Å²) in [6, 6.07) is 8.23. The van der Waals surface area contributed by atoms with Crippen LogP contribution < -0.4 is 21.7 Å². The van der Waals surface area contributed by atoms with Crippen LogP contribution in [0.1, 0.15) is 52.8 Å². The number of nitrogen functional groups attached to an aromatic ring is 1. The third kappa shape index (κ3) is 3.99. The van der Waals surface area contributed by atoms with Gasteiger partial charge in [0, 0.05) is 11.7 Å². The maximum atomic E-state index is 13.3. The van der Waals surface area contributed by atoms with E-state index >= 15 is 0 Å². The molecule has 148 valence electrons. The lowest BCUT2D eigenvalue weighted by molar-refractivity contribution is -0.122. The van der Waals surface area contributed by atoms with Crippen molar-refractivity contribution in [2.24, 2.45) is 5.73 Å². The van der Waals surface area contributed by atoms with Gasteiger partial charge in [0.1, 0.15) is 10.9 Å². The van der Waals surface area contributed by atoms with E-state index < -0.39 is 17.9 Å². The van der Waals surface area contributed by atoms with E-state index in [4.69, 9.17) is 11.5 Å². The molecule has 1 heterocycles. The molecule has 1 atom stereocenters. The van der Waals surface area contributed by atoms with Crippen molar-refractivity contribution in [3.05, 3.63) is 40.9 Å². The number of benzene rings is 1. The summed E-state index contributed by atoms with van der Waals surface area (Å²) in [5.41, 5.74) is 11.5. The van der Waals surface area contributed by atoms with Crippen LogP contribution in [-0.4, -0.2) is 34.2 Å². The number of nitrogens with one attached hydrogen (secondary N) is 1. The van der Waals surface area contributed by atoms with Crippen molar-refractivity contribution in [3.63, 3.8) is 0 Å². The van der Waals surface area contributed by atoms with Gasteiger partial charge in [-0.25, -0.2) is 0 Å². The highest BCUT2D eigenvalue weighted by Crippen LogP contribution is 2.27. The Balaban J connectivity index is 1.92. The van der Waals surface area contributed by atoms with E-state index in [1.807, 2.05) is 6.07 Å². The van der Waals surface area contributed by atoms with Crippen molar-refractivity contribution in [1.82, 2.24) is 9.69 Å². The first-order valence-corrected chi connectivity index (χ1v) is 9.91. The predicted molar refractivity (Wildman–Crippen MR) is 108 cm³/mol. The molecule has 8 nitrogen and oxygen atoms in total. The van der Waals surface area contributed by atoms with Crippen LogP contribution >= 0.6 is 11.5 Å². The largest absolute Gasteiger partial charge is 0.395 e. The zero-order chi connectivity index (χ0) is 20.3. The number of para-hydroxylation sites is 1. The maximum absolute atomic E-state index is 13.3. The van der Waals surface area contributed by atoms with Gasteiger partial charge in [-0.3, -0.25) is 19.3 Å². The van der Waals surface area contributed by atoms with Gasteiger partial charge in [-0.15, -0.1) is 0 Å². The molecule has 9 heteroatoms. The number of hydrogen-bond donors (Lipinski definition) is 3. The third-order valence-electron chi connectivity index (χ3n) is 4.88. The molecular formula is C19H23N5O3S. The van der Waals surface area contributed by atoms with Gasteiger partial charge in [-0.2, -0.15) is 4.37 Å². The molecule has 1 aliphatic rings. The fraction of sp³-hybridized carbons (Fsp3) is 0.368. The first-order chi connectivity index (χ1) is 13.4. The molecule has 2 aromatic rings. The number of nitrogens with zero attached hydrogens (tertiary/aromatic N) is 2. The minimum Gasteiger partial charge on any atom is -0.395 e. The molecule has 5 N–H and O–H groups in total. The minimum atomic E-state index is -0.800. The topological polar surface area (TPSA) is 131 Å². The second-order valence-corrected chi connectivity index (χ2v) is 7.59. The molecule has 0 saturated heterocycles. The quantitative estimate of drug-likeness (QED) is 0.680. The van der Waals surface area contributed by atoms with Crippen molar-refractivity contribution in [3.8, 4) is 0 Å². The summed E-state index contributed by atoms with van der Waals surface area (Å²) in [6.07, 6.45) is 4.07. The summed E-state index contributed by atoms with van der Waals surface area (Å²) in [5.74, 6) is -1.53. The molecule has 1 aromatic carbocycles. The summed E-state index contributed by atoms with van der Waals surface area (Å²) in [4.78, 5) is 39.0. The van der Waals surface area contributed by atoms with E-state index in [1.54, 1.807) is 31.2 Å². The van der Waals surface area contributed by atoms with Crippen LogP contribution in [0.3, 0.4) is 0 Å².